The average Bonchev–Trinajstić information content (AvgIpc) is 2.91. The van der Waals surface area contributed by atoms with E-state index in [1.165, 1.54) is 6.07 Å². The average molecular weight is 361 g/mol. The Balaban J connectivity index is 2.44. The number of imidazole rings is 1. The number of halogens is 2. The lowest BCUT2D eigenvalue weighted by Gasteiger charge is -2.13. The quantitative estimate of drug-likeness (QED) is 0.727. The van der Waals surface area contributed by atoms with Gasteiger partial charge >= 0.3 is 5.69 Å². The van der Waals surface area contributed by atoms with Gasteiger partial charge in [0.25, 0.3) is 5.91 Å². The predicted molar refractivity (Wildman–Crippen MR) is 91.2 cm³/mol. The molecule has 0 aliphatic rings. The Morgan fingerprint density at radius 1 is 1.23 bits per heavy atom. The first-order valence-electron chi connectivity index (χ1n) is 8.15. The lowest BCUT2D eigenvalue weighted by Crippen LogP contribution is -2.18. The van der Waals surface area contributed by atoms with Crippen LogP contribution in [-0.4, -0.2) is 25.4 Å². The molecule has 0 aliphatic carbocycles. The number of primary amides is 1. The van der Waals surface area contributed by atoms with Gasteiger partial charge in [-0.1, -0.05) is 19.9 Å². The molecular weight excluding hydrogens is 344 g/mol. The van der Waals surface area contributed by atoms with E-state index >= 15 is 0 Å². The largest absolute Gasteiger partial charge is 0.364 e. The molecule has 0 bridgehead atoms. The Morgan fingerprint density at radius 3 is 2.38 bits per heavy atom. The Kier molecular flexibility index (Phi) is 4.54. The van der Waals surface area contributed by atoms with Crippen LogP contribution in [0.25, 0.3) is 16.9 Å². The summed E-state index contributed by atoms with van der Waals surface area (Å²) >= 11 is 0. The van der Waals surface area contributed by atoms with Crippen LogP contribution in [-0.2, 0) is 0 Å². The molecular formula is C17H17F2N5O2. The lowest BCUT2D eigenvalue weighted by molar-refractivity contribution is 0.0996. The van der Waals surface area contributed by atoms with Gasteiger partial charge in [-0.25, -0.2) is 28.1 Å². The van der Waals surface area contributed by atoms with Crippen LogP contribution in [0.3, 0.4) is 0 Å². The zero-order valence-corrected chi connectivity index (χ0v) is 14.2. The van der Waals surface area contributed by atoms with Gasteiger partial charge in [0.2, 0.25) is 0 Å². The predicted octanol–water partition coefficient (Wildman–Crippen LogP) is 2.39. The summed E-state index contributed by atoms with van der Waals surface area (Å²) in [5, 5.41) is 0. The van der Waals surface area contributed by atoms with E-state index in [2.05, 4.69) is 15.0 Å². The molecule has 0 spiro atoms. The molecule has 0 saturated heterocycles. The van der Waals surface area contributed by atoms with Gasteiger partial charge in [0, 0.05) is 5.92 Å². The maximum absolute atomic E-state index is 14.2. The van der Waals surface area contributed by atoms with Crippen molar-refractivity contribution < 1.29 is 13.6 Å². The van der Waals surface area contributed by atoms with Crippen molar-refractivity contribution in [3.05, 3.63) is 51.8 Å². The van der Waals surface area contributed by atoms with E-state index in [1.54, 1.807) is 0 Å². The number of nitrogens with two attached hydrogens (primary N) is 1. The van der Waals surface area contributed by atoms with E-state index in [1.807, 2.05) is 13.8 Å². The number of para-hydroxylation sites is 1. The number of nitrogens with one attached hydrogen (secondary N) is 1. The fourth-order valence-electron chi connectivity index (χ4n) is 2.93. The maximum Gasteiger partial charge on any atom is 0.332 e. The third kappa shape index (κ3) is 2.75. The molecule has 0 fully saturated rings. The summed E-state index contributed by atoms with van der Waals surface area (Å²) in [6.45, 7) is 3.85. The second-order valence-corrected chi connectivity index (χ2v) is 5.84. The molecule has 136 valence electrons. The van der Waals surface area contributed by atoms with Crippen molar-refractivity contribution in [2.45, 2.75) is 32.6 Å². The number of carbonyl (C=O) groups excluding carboxylic acids is 1. The topological polar surface area (TPSA) is 107 Å². The smallest absolute Gasteiger partial charge is 0.332 e. The lowest BCUT2D eigenvalue weighted by atomic mass is 10.0. The first-order chi connectivity index (χ1) is 12.4. The molecule has 3 N–H and O–H groups in total. The molecule has 9 heteroatoms. The van der Waals surface area contributed by atoms with Crippen LogP contribution in [0.1, 0.15) is 48.9 Å². The number of fused-ring (bicyclic) bond motifs is 1. The standard InChI is InChI=1S/C17H17F2N5O2/c1-3-8(4-2)15-21-11(14(20)25)12-16(23-15)24(17(26)22-12)13-9(18)6-5-7-10(13)19/h5-8H,3-4H2,1-2H3,(H2,20,25)(H,22,26). The van der Waals surface area contributed by atoms with Crippen LogP contribution in [0, 0.1) is 11.6 Å². The third-order valence-electron chi connectivity index (χ3n) is 4.30. The molecule has 0 saturated carbocycles. The highest BCUT2D eigenvalue weighted by molar-refractivity contribution is 6.01. The van der Waals surface area contributed by atoms with Crippen molar-refractivity contribution in [3.63, 3.8) is 0 Å². The number of hydrogen-bond acceptors (Lipinski definition) is 4. The Hall–Kier alpha value is -3.10. The minimum Gasteiger partial charge on any atom is -0.364 e. The molecule has 0 radical (unpaired) electrons. The van der Waals surface area contributed by atoms with Crippen molar-refractivity contribution in [3.8, 4) is 5.69 Å². The molecule has 2 aromatic heterocycles. The van der Waals surface area contributed by atoms with E-state index in [0.717, 1.165) is 16.7 Å². The molecule has 26 heavy (non-hydrogen) atoms. The molecule has 3 aromatic rings. The number of hydrogen-bond donors (Lipinski definition) is 2. The highest BCUT2D eigenvalue weighted by Crippen LogP contribution is 2.25. The Labute approximate surface area is 146 Å². The minimum absolute atomic E-state index is 0.0557. The van der Waals surface area contributed by atoms with Crippen molar-refractivity contribution in [1.82, 2.24) is 19.5 Å². The van der Waals surface area contributed by atoms with Gasteiger partial charge in [-0.15, -0.1) is 0 Å². The van der Waals surface area contributed by atoms with E-state index in [9.17, 15) is 18.4 Å². The third-order valence-corrected chi connectivity index (χ3v) is 4.30. The van der Waals surface area contributed by atoms with Crippen LogP contribution < -0.4 is 11.4 Å². The van der Waals surface area contributed by atoms with Crippen LogP contribution in [0.15, 0.2) is 23.0 Å². The van der Waals surface area contributed by atoms with Gasteiger partial charge in [0.15, 0.2) is 11.3 Å². The highest BCUT2D eigenvalue weighted by Gasteiger charge is 2.24. The Morgan fingerprint density at radius 2 is 1.85 bits per heavy atom. The molecule has 7 nitrogen and oxygen atoms in total. The van der Waals surface area contributed by atoms with Gasteiger partial charge in [0.1, 0.15) is 28.7 Å². The molecule has 0 atom stereocenters. The summed E-state index contributed by atoms with van der Waals surface area (Å²) < 4.78 is 29.2. The number of aromatic amines is 1. The van der Waals surface area contributed by atoms with E-state index < -0.39 is 28.9 Å². The number of amides is 1. The second-order valence-electron chi connectivity index (χ2n) is 5.84. The first kappa shape index (κ1) is 17.7. The summed E-state index contributed by atoms with van der Waals surface area (Å²) in [6.07, 6.45) is 1.37. The molecule has 3 rings (SSSR count). The van der Waals surface area contributed by atoms with Gasteiger partial charge in [-0.05, 0) is 25.0 Å². The minimum atomic E-state index is -0.934. The number of nitrogens with zero attached hydrogens (tertiary/aromatic N) is 3. The molecule has 1 aromatic carbocycles. The number of H-pyrrole nitrogens is 1. The molecule has 0 unspecified atom stereocenters. The van der Waals surface area contributed by atoms with Crippen LogP contribution in [0.4, 0.5) is 8.78 Å². The van der Waals surface area contributed by atoms with E-state index in [0.29, 0.717) is 18.7 Å². The van der Waals surface area contributed by atoms with Crippen molar-refractivity contribution in [2.75, 3.05) is 0 Å². The van der Waals surface area contributed by atoms with Gasteiger partial charge < -0.3 is 10.7 Å². The maximum atomic E-state index is 14.2. The zero-order chi connectivity index (χ0) is 19.0. The zero-order valence-electron chi connectivity index (χ0n) is 14.2. The summed E-state index contributed by atoms with van der Waals surface area (Å²) in [5.74, 6) is -2.54. The van der Waals surface area contributed by atoms with Crippen molar-refractivity contribution in [1.29, 1.82) is 0 Å². The molecule has 1 amide bonds. The second kappa shape index (κ2) is 6.66. The molecule has 0 aliphatic heterocycles. The number of aromatic nitrogens is 4. The normalized spacial score (nSPS) is 11.4. The van der Waals surface area contributed by atoms with E-state index in [-0.39, 0.29) is 22.8 Å². The Bertz CT molecular complexity index is 1030. The highest BCUT2D eigenvalue weighted by atomic mass is 19.1. The van der Waals surface area contributed by atoms with Gasteiger partial charge in [-0.2, -0.15) is 0 Å². The summed E-state index contributed by atoms with van der Waals surface area (Å²) in [5.41, 5.74) is 3.62. The summed E-state index contributed by atoms with van der Waals surface area (Å²) in [7, 11) is 0. The monoisotopic (exact) mass is 361 g/mol. The summed E-state index contributed by atoms with van der Waals surface area (Å²) in [4.78, 5) is 35.1. The fourth-order valence-corrected chi connectivity index (χ4v) is 2.93. The van der Waals surface area contributed by atoms with Crippen molar-refractivity contribution in [2.24, 2.45) is 5.73 Å². The number of carbonyl (C=O) groups is 1. The van der Waals surface area contributed by atoms with Crippen LogP contribution >= 0.6 is 0 Å². The SMILES string of the molecule is CCC(CC)c1nc(C(N)=O)c2[nH]c(=O)n(-c3c(F)cccc3F)c2n1. The van der Waals surface area contributed by atoms with E-state index in [4.69, 9.17) is 5.73 Å². The number of rotatable bonds is 5. The number of benzene rings is 1. The van der Waals surface area contributed by atoms with Crippen LogP contribution in [0.2, 0.25) is 0 Å². The van der Waals surface area contributed by atoms with Crippen molar-refractivity contribution >= 4 is 17.1 Å². The molecule has 2 heterocycles. The van der Waals surface area contributed by atoms with Gasteiger partial charge in [0.05, 0.1) is 0 Å². The van der Waals surface area contributed by atoms with Crippen LogP contribution in [0.5, 0.6) is 0 Å². The fraction of sp³-hybridized carbons (Fsp3) is 0.294. The van der Waals surface area contributed by atoms with Gasteiger partial charge in [-0.3, -0.25) is 4.79 Å². The summed E-state index contributed by atoms with van der Waals surface area (Å²) in [6, 6.07) is 3.25. The first-order valence-corrected chi connectivity index (χ1v) is 8.15.